The molecule has 0 saturated heterocycles. The SMILES string of the molecule is Cc1cc(C)cc(CS[C@@H]2CCCC[C@H]2O)c1. The zero-order valence-corrected chi connectivity index (χ0v) is 11.6. The van der Waals surface area contributed by atoms with Crippen LogP contribution in [-0.2, 0) is 5.75 Å². The molecule has 2 atom stereocenters. The Bertz CT molecular complexity index is 355. The van der Waals surface area contributed by atoms with Crippen molar-refractivity contribution < 1.29 is 5.11 Å². The average molecular weight is 250 g/mol. The molecule has 1 aromatic rings. The van der Waals surface area contributed by atoms with Crippen molar-refractivity contribution in [3.05, 3.63) is 34.9 Å². The van der Waals surface area contributed by atoms with Crippen LogP contribution in [0.1, 0.15) is 42.4 Å². The van der Waals surface area contributed by atoms with Crippen molar-refractivity contribution >= 4 is 11.8 Å². The molecule has 0 bridgehead atoms. The minimum absolute atomic E-state index is 0.0837. The van der Waals surface area contributed by atoms with E-state index < -0.39 is 0 Å². The molecule has 1 aliphatic carbocycles. The first kappa shape index (κ1) is 13.0. The highest BCUT2D eigenvalue weighted by molar-refractivity contribution is 7.99. The fourth-order valence-corrected chi connectivity index (χ4v) is 3.89. The van der Waals surface area contributed by atoms with Crippen molar-refractivity contribution in [1.82, 2.24) is 0 Å². The van der Waals surface area contributed by atoms with Gasteiger partial charge in [-0.3, -0.25) is 0 Å². The quantitative estimate of drug-likeness (QED) is 0.879. The molecule has 2 rings (SSSR count). The second-order valence-electron chi connectivity index (χ2n) is 5.20. The van der Waals surface area contributed by atoms with Gasteiger partial charge >= 0.3 is 0 Å². The molecule has 1 aliphatic rings. The minimum Gasteiger partial charge on any atom is -0.392 e. The average Bonchev–Trinajstić information content (AvgIpc) is 2.27. The summed E-state index contributed by atoms with van der Waals surface area (Å²) >= 11 is 1.93. The normalized spacial score (nSPS) is 24.9. The Morgan fingerprint density at radius 2 is 1.76 bits per heavy atom. The van der Waals surface area contributed by atoms with E-state index >= 15 is 0 Å². The monoisotopic (exact) mass is 250 g/mol. The van der Waals surface area contributed by atoms with Gasteiger partial charge < -0.3 is 5.11 Å². The van der Waals surface area contributed by atoms with Crippen molar-refractivity contribution in [2.24, 2.45) is 0 Å². The lowest BCUT2D eigenvalue weighted by Gasteiger charge is -2.27. The van der Waals surface area contributed by atoms with Crippen LogP contribution in [0.15, 0.2) is 18.2 Å². The maximum Gasteiger partial charge on any atom is 0.0658 e. The fourth-order valence-electron chi connectivity index (χ4n) is 2.63. The molecule has 0 radical (unpaired) electrons. The third kappa shape index (κ3) is 3.75. The van der Waals surface area contributed by atoms with Crippen LogP contribution in [0.25, 0.3) is 0 Å². The summed E-state index contributed by atoms with van der Waals surface area (Å²) in [6.45, 7) is 4.30. The topological polar surface area (TPSA) is 20.2 Å². The largest absolute Gasteiger partial charge is 0.392 e. The van der Waals surface area contributed by atoms with E-state index in [-0.39, 0.29) is 6.10 Å². The Morgan fingerprint density at radius 3 is 2.41 bits per heavy atom. The summed E-state index contributed by atoms with van der Waals surface area (Å²) in [5.41, 5.74) is 4.07. The van der Waals surface area contributed by atoms with E-state index in [9.17, 15) is 5.11 Å². The predicted octanol–water partition coefficient (Wildman–Crippen LogP) is 3.84. The number of aliphatic hydroxyl groups is 1. The van der Waals surface area contributed by atoms with Gasteiger partial charge in [0.1, 0.15) is 0 Å². The van der Waals surface area contributed by atoms with Gasteiger partial charge in [-0.25, -0.2) is 0 Å². The van der Waals surface area contributed by atoms with Crippen LogP contribution in [0.3, 0.4) is 0 Å². The maximum absolute atomic E-state index is 9.94. The number of rotatable bonds is 3. The molecular formula is C15H22OS. The summed E-state index contributed by atoms with van der Waals surface area (Å²) in [6.07, 6.45) is 4.56. The Balaban J connectivity index is 1.92. The number of benzene rings is 1. The van der Waals surface area contributed by atoms with Crippen LogP contribution in [0.2, 0.25) is 0 Å². The van der Waals surface area contributed by atoms with Gasteiger partial charge in [-0.15, -0.1) is 0 Å². The smallest absolute Gasteiger partial charge is 0.0658 e. The molecular weight excluding hydrogens is 228 g/mol. The number of thioether (sulfide) groups is 1. The molecule has 1 saturated carbocycles. The van der Waals surface area contributed by atoms with Crippen molar-refractivity contribution in [3.8, 4) is 0 Å². The van der Waals surface area contributed by atoms with E-state index in [2.05, 4.69) is 32.0 Å². The van der Waals surface area contributed by atoms with Crippen LogP contribution in [0.4, 0.5) is 0 Å². The molecule has 1 aromatic carbocycles. The lowest BCUT2D eigenvalue weighted by atomic mass is 9.97. The van der Waals surface area contributed by atoms with E-state index in [1.165, 1.54) is 36.0 Å². The molecule has 0 spiro atoms. The van der Waals surface area contributed by atoms with Crippen molar-refractivity contribution in [3.63, 3.8) is 0 Å². The van der Waals surface area contributed by atoms with Crippen LogP contribution in [-0.4, -0.2) is 16.5 Å². The zero-order valence-electron chi connectivity index (χ0n) is 10.8. The highest BCUT2D eigenvalue weighted by Gasteiger charge is 2.23. The number of hydrogen-bond acceptors (Lipinski definition) is 2. The predicted molar refractivity (Wildman–Crippen MR) is 75.5 cm³/mol. The Hall–Kier alpha value is -0.470. The van der Waals surface area contributed by atoms with Crippen molar-refractivity contribution in [2.75, 3.05) is 0 Å². The highest BCUT2D eigenvalue weighted by Crippen LogP contribution is 2.31. The summed E-state index contributed by atoms with van der Waals surface area (Å²) in [4.78, 5) is 0. The van der Waals surface area contributed by atoms with E-state index in [4.69, 9.17) is 0 Å². The van der Waals surface area contributed by atoms with Gasteiger partial charge in [-0.05, 0) is 32.3 Å². The molecule has 0 amide bonds. The molecule has 0 aliphatic heterocycles. The van der Waals surface area contributed by atoms with Crippen molar-refractivity contribution in [2.45, 2.75) is 56.6 Å². The van der Waals surface area contributed by atoms with E-state index in [1.54, 1.807) is 0 Å². The molecule has 1 N–H and O–H groups in total. The summed E-state index contributed by atoms with van der Waals surface area (Å²) in [5, 5.41) is 10.4. The first-order valence-corrected chi connectivity index (χ1v) is 7.57. The lowest BCUT2D eigenvalue weighted by molar-refractivity contribution is 0.137. The van der Waals surface area contributed by atoms with Crippen LogP contribution in [0.5, 0.6) is 0 Å². The van der Waals surface area contributed by atoms with Crippen molar-refractivity contribution in [1.29, 1.82) is 0 Å². The second-order valence-corrected chi connectivity index (χ2v) is 6.42. The third-order valence-corrected chi connectivity index (χ3v) is 4.89. The van der Waals surface area contributed by atoms with E-state index in [0.29, 0.717) is 5.25 Å². The molecule has 17 heavy (non-hydrogen) atoms. The first-order chi connectivity index (χ1) is 8.15. The van der Waals surface area contributed by atoms with Gasteiger partial charge in [-0.2, -0.15) is 11.8 Å². The van der Waals surface area contributed by atoms with Crippen LogP contribution in [0, 0.1) is 13.8 Å². The minimum atomic E-state index is -0.0837. The van der Waals surface area contributed by atoms with Gasteiger partial charge in [0, 0.05) is 11.0 Å². The maximum atomic E-state index is 9.94. The van der Waals surface area contributed by atoms with E-state index in [0.717, 1.165) is 12.2 Å². The summed E-state index contributed by atoms with van der Waals surface area (Å²) < 4.78 is 0. The first-order valence-electron chi connectivity index (χ1n) is 6.52. The van der Waals surface area contributed by atoms with Gasteiger partial charge in [0.25, 0.3) is 0 Å². The fraction of sp³-hybridized carbons (Fsp3) is 0.600. The Labute approximate surface area is 109 Å². The summed E-state index contributed by atoms with van der Waals surface area (Å²) in [7, 11) is 0. The molecule has 0 aromatic heterocycles. The van der Waals surface area contributed by atoms with Gasteiger partial charge in [-0.1, -0.05) is 42.2 Å². The Morgan fingerprint density at radius 1 is 1.12 bits per heavy atom. The molecule has 2 heteroatoms. The lowest BCUT2D eigenvalue weighted by Crippen LogP contribution is -2.26. The highest BCUT2D eigenvalue weighted by atomic mass is 32.2. The van der Waals surface area contributed by atoms with Crippen LogP contribution < -0.4 is 0 Å². The third-order valence-electron chi connectivity index (χ3n) is 3.41. The molecule has 1 nitrogen and oxygen atoms in total. The second kappa shape index (κ2) is 5.92. The summed E-state index contributed by atoms with van der Waals surface area (Å²) in [6, 6.07) is 6.73. The van der Waals surface area contributed by atoms with E-state index in [1.807, 2.05) is 11.8 Å². The number of aliphatic hydroxyl groups excluding tert-OH is 1. The zero-order chi connectivity index (χ0) is 12.3. The van der Waals surface area contributed by atoms with Crippen LogP contribution >= 0.6 is 11.8 Å². The number of hydrogen-bond donors (Lipinski definition) is 1. The Kier molecular flexibility index (Phi) is 4.52. The molecule has 0 unspecified atom stereocenters. The summed E-state index contributed by atoms with van der Waals surface area (Å²) in [5.74, 6) is 1.03. The van der Waals surface area contributed by atoms with Gasteiger partial charge in [0.05, 0.1) is 6.10 Å². The molecule has 0 heterocycles. The number of aryl methyl sites for hydroxylation is 2. The molecule has 1 fully saturated rings. The van der Waals surface area contributed by atoms with Gasteiger partial charge in [0.15, 0.2) is 0 Å². The molecule has 94 valence electrons. The standard InChI is InChI=1S/C15H22OS/c1-11-7-12(2)9-13(8-11)10-17-15-6-4-3-5-14(15)16/h7-9,14-16H,3-6,10H2,1-2H3/t14-,15-/m1/s1. The van der Waals surface area contributed by atoms with Gasteiger partial charge in [0.2, 0.25) is 0 Å².